The normalized spacial score (nSPS) is 10.6. The molecule has 0 aliphatic carbocycles. The van der Waals surface area contributed by atoms with Crippen LogP contribution in [0.15, 0.2) is 66.7 Å². The molecule has 0 saturated carbocycles. The van der Waals surface area contributed by atoms with Crippen molar-refractivity contribution in [2.45, 2.75) is 19.9 Å². The molecule has 9 heteroatoms. The predicted molar refractivity (Wildman–Crippen MR) is 139 cm³/mol. The van der Waals surface area contributed by atoms with Crippen LogP contribution in [0.1, 0.15) is 35.1 Å². The van der Waals surface area contributed by atoms with Gasteiger partial charge in [0.05, 0.1) is 42.2 Å². The van der Waals surface area contributed by atoms with Crippen LogP contribution in [-0.2, 0) is 23.1 Å². The molecule has 4 aromatic rings. The molecule has 0 radical (unpaired) electrons. The lowest BCUT2D eigenvalue weighted by Gasteiger charge is -2.22. The van der Waals surface area contributed by atoms with Gasteiger partial charge in [0.15, 0.2) is 0 Å². The SMILES string of the molecule is CCOC(=O)CCN(C(=O)c1ccc2c(c1)nc(CNc1ccc(C#N)cc1)n2C)c1ccc(F)cc1. The van der Waals surface area contributed by atoms with Crippen molar-refractivity contribution in [1.82, 2.24) is 9.55 Å². The zero-order chi connectivity index (χ0) is 26.4. The number of nitrogens with one attached hydrogen (secondary N) is 1. The molecule has 1 heterocycles. The molecule has 188 valence electrons. The maximum absolute atomic E-state index is 13.5. The molecular formula is C28H26FN5O3. The van der Waals surface area contributed by atoms with Crippen LogP contribution in [0.2, 0.25) is 0 Å². The number of aryl methyl sites for hydroxylation is 1. The molecule has 3 aromatic carbocycles. The minimum absolute atomic E-state index is 0.00789. The number of hydrogen-bond donors (Lipinski definition) is 1. The van der Waals surface area contributed by atoms with Gasteiger partial charge in [-0.15, -0.1) is 0 Å². The van der Waals surface area contributed by atoms with E-state index in [4.69, 9.17) is 15.0 Å². The number of halogens is 1. The van der Waals surface area contributed by atoms with Crippen LogP contribution in [0.25, 0.3) is 11.0 Å². The Kier molecular flexibility index (Phi) is 7.79. The number of hydrogen-bond acceptors (Lipinski definition) is 6. The van der Waals surface area contributed by atoms with Crippen molar-refractivity contribution in [2.75, 3.05) is 23.4 Å². The smallest absolute Gasteiger partial charge is 0.307 e. The van der Waals surface area contributed by atoms with Gasteiger partial charge in [0.2, 0.25) is 0 Å². The van der Waals surface area contributed by atoms with Gasteiger partial charge < -0.3 is 19.5 Å². The Balaban J connectivity index is 1.56. The number of anilines is 2. The number of imidazole rings is 1. The molecule has 1 amide bonds. The zero-order valence-corrected chi connectivity index (χ0v) is 20.6. The second kappa shape index (κ2) is 11.4. The first-order valence-electron chi connectivity index (χ1n) is 11.8. The van der Waals surface area contributed by atoms with E-state index in [2.05, 4.69) is 11.4 Å². The molecule has 0 spiro atoms. The van der Waals surface area contributed by atoms with E-state index in [1.54, 1.807) is 31.2 Å². The average Bonchev–Trinajstić information content (AvgIpc) is 3.23. The number of nitrogens with zero attached hydrogens (tertiary/aromatic N) is 4. The number of carbonyl (C=O) groups is 2. The standard InChI is InChI=1S/C28H26FN5O3/c1-3-37-27(35)14-15-34(23-11-7-21(29)8-12-23)28(36)20-6-13-25-24(16-20)32-26(33(25)2)18-31-22-9-4-19(17-30)5-10-22/h4-13,16,31H,3,14-15,18H2,1-2H3. The summed E-state index contributed by atoms with van der Waals surface area (Å²) in [6.07, 6.45) is 0.00789. The molecular weight excluding hydrogens is 473 g/mol. The lowest BCUT2D eigenvalue weighted by Crippen LogP contribution is -2.33. The third-order valence-corrected chi connectivity index (χ3v) is 5.91. The van der Waals surface area contributed by atoms with Crippen molar-refractivity contribution < 1.29 is 18.7 Å². The predicted octanol–water partition coefficient (Wildman–Crippen LogP) is 4.80. The van der Waals surface area contributed by atoms with Crippen molar-refractivity contribution in [1.29, 1.82) is 5.26 Å². The number of esters is 1. The second-order valence-corrected chi connectivity index (χ2v) is 8.32. The summed E-state index contributed by atoms with van der Waals surface area (Å²) in [6.45, 7) is 2.50. The Labute approximate surface area is 213 Å². The number of amides is 1. The van der Waals surface area contributed by atoms with Gasteiger partial charge in [0, 0.05) is 30.5 Å². The molecule has 0 atom stereocenters. The second-order valence-electron chi connectivity index (χ2n) is 8.32. The van der Waals surface area contributed by atoms with Gasteiger partial charge in [-0.25, -0.2) is 9.37 Å². The minimum atomic E-state index is -0.418. The summed E-state index contributed by atoms with van der Waals surface area (Å²) in [5.41, 5.74) is 3.82. The molecule has 1 N–H and O–H groups in total. The number of carbonyl (C=O) groups excluding carboxylic acids is 2. The third-order valence-electron chi connectivity index (χ3n) is 5.91. The molecule has 0 saturated heterocycles. The van der Waals surface area contributed by atoms with E-state index in [1.165, 1.54) is 29.2 Å². The first-order valence-corrected chi connectivity index (χ1v) is 11.8. The number of benzene rings is 3. The van der Waals surface area contributed by atoms with E-state index in [1.807, 2.05) is 29.8 Å². The lowest BCUT2D eigenvalue weighted by molar-refractivity contribution is -0.142. The Morgan fingerprint density at radius 2 is 1.84 bits per heavy atom. The number of fused-ring (bicyclic) bond motifs is 1. The molecule has 0 unspecified atom stereocenters. The van der Waals surface area contributed by atoms with E-state index in [9.17, 15) is 14.0 Å². The molecule has 0 aliphatic rings. The summed E-state index contributed by atoms with van der Waals surface area (Å²) in [5.74, 6) is -0.400. The van der Waals surface area contributed by atoms with Gasteiger partial charge in [0.25, 0.3) is 5.91 Å². The van der Waals surface area contributed by atoms with Crippen LogP contribution in [0, 0.1) is 17.1 Å². The Morgan fingerprint density at radius 3 is 2.51 bits per heavy atom. The summed E-state index contributed by atoms with van der Waals surface area (Å²) in [5, 5.41) is 12.2. The number of nitriles is 1. The lowest BCUT2D eigenvalue weighted by atomic mass is 10.1. The first-order chi connectivity index (χ1) is 17.9. The molecule has 0 bridgehead atoms. The van der Waals surface area contributed by atoms with Gasteiger partial charge in [-0.2, -0.15) is 5.26 Å². The van der Waals surface area contributed by atoms with Crippen molar-refractivity contribution in [3.8, 4) is 6.07 Å². The molecule has 8 nitrogen and oxygen atoms in total. The molecule has 1 aromatic heterocycles. The van der Waals surface area contributed by atoms with E-state index >= 15 is 0 Å². The van der Waals surface area contributed by atoms with E-state index in [0.717, 1.165) is 17.0 Å². The summed E-state index contributed by atoms with van der Waals surface area (Å²) < 4.78 is 20.4. The maximum Gasteiger partial charge on any atom is 0.307 e. The van der Waals surface area contributed by atoms with Crippen LogP contribution >= 0.6 is 0 Å². The van der Waals surface area contributed by atoms with Crippen LogP contribution in [0.5, 0.6) is 0 Å². The van der Waals surface area contributed by atoms with Crippen LogP contribution in [0.3, 0.4) is 0 Å². The fourth-order valence-corrected chi connectivity index (χ4v) is 3.95. The van der Waals surface area contributed by atoms with Gasteiger partial charge in [-0.3, -0.25) is 9.59 Å². The van der Waals surface area contributed by atoms with Crippen molar-refractivity contribution in [3.05, 3.63) is 89.5 Å². The fourth-order valence-electron chi connectivity index (χ4n) is 3.95. The number of rotatable bonds is 9. The van der Waals surface area contributed by atoms with Gasteiger partial charge in [-0.05, 0) is 73.7 Å². The monoisotopic (exact) mass is 499 g/mol. The van der Waals surface area contributed by atoms with Gasteiger partial charge in [0.1, 0.15) is 11.6 Å². The van der Waals surface area contributed by atoms with Crippen LogP contribution < -0.4 is 10.2 Å². The minimum Gasteiger partial charge on any atom is -0.466 e. The highest BCUT2D eigenvalue weighted by atomic mass is 19.1. The van der Waals surface area contributed by atoms with Crippen LogP contribution in [0.4, 0.5) is 15.8 Å². The highest BCUT2D eigenvalue weighted by Crippen LogP contribution is 2.22. The quantitative estimate of drug-likeness (QED) is 0.332. The fraction of sp³-hybridized carbons (Fsp3) is 0.214. The Bertz CT molecular complexity index is 1460. The van der Waals surface area contributed by atoms with Gasteiger partial charge in [-0.1, -0.05) is 0 Å². The highest BCUT2D eigenvalue weighted by Gasteiger charge is 2.21. The summed E-state index contributed by atoms with van der Waals surface area (Å²) in [7, 11) is 1.90. The van der Waals surface area contributed by atoms with E-state index in [-0.39, 0.29) is 25.5 Å². The third kappa shape index (κ3) is 5.93. The van der Waals surface area contributed by atoms with Crippen molar-refractivity contribution >= 4 is 34.3 Å². The molecule has 4 rings (SSSR count). The highest BCUT2D eigenvalue weighted by molar-refractivity contribution is 6.07. The molecule has 37 heavy (non-hydrogen) atoms. The molecule has 0 aliphatic heterocycles. The van der Waals surface area contributed by atoms with E-state index in [0.29, 0.717) is 28.9 Å². The Hall–Kier alpha value is -4.71. The largest absolute Gasteiger partial charge is 0.466 e. The summed E-state index contributed by atoms with van der Waals surface area (Å²) in [6, 6.07) is 20.0. The molecule has 0 fully saturated rings. The zero-order valence-electron chi connectivity index (χ0n) is 20.6. The number of aromatic nitrogens is 2. The van der Waals surface area contributed by atoms with Crippen LogP contribution in [-0.4, -0.2) is 34.6 Å². The summed E-state index contributed by atoms with van der Waals surface area (Å²) >= 11 is 0. The van der Waals surface area contributed by atoms with Crippen molar-refractivity contribution in [2.24, 2.45) is 7.05 Å². The maximum atomic E-state index is 13.5. The topological polar surface area (TPSA) is 100 Å². The average molecular weight is 500 g/mol. The van der Waals surface area contributed by atoms with Gasteiger partial charge >= 0.3 is 5.97 Å². The van der Waals surface area contributed by atoms with Crippen molar-refractivity contribution in [3.63, 3.8) is 0 Å². The summed E-state index contributed by atoms with van der Waals surface area (Å²) in [4.78, 5) is 31.6. The Morgan fingerprint density at radius 1 is 1.11 bits per heavy atom. The first kappa shape index (κ1) is 25.4. The number of ether oxygens (including phenoxy) is 1. The van der Waals surface area contributed by atoms with E-state index < -0.39 is 11.8 Å².